The summed E-state index contributed by atoms with van der Waals surface area (Å²) in [6.45, 7) is 0.305. The molecule has 10 nitrogen and oxygen atoms in total. The fraction of sp³-hybridized carbons (Fsp3) is 0.345. The van der Waals surface area contributed by atoms with Crippen LogP contribution in [-0.4, -0.2) is 34.0 Å². The predicted molar refractivity (Wildman–Crippen MR) is 147 cm³/mol. The van der Waals surface area contributed by atoms with E-state index in [2.05, 4.69) is 5.32 Å². The van der Waals surface area contributed by atoms with E-state index in [1.807, 2.05) is 54.6 Å². The average molecular weight is 568 g/mol. The van der Waals surface area contributed by atoms with Crippen molar-refractivity contribution in [2.75, 3.05) is 5.75 Å². The molecule has 2 aromatic carbocycles. The minimum Gasteiger partial charge on any atom is -0.618 e. The van der Waals surface area contributed by atoms with Gasteiger partial charge in [0.05, 0.1) is 18.8 Å². The molecule has 3 aromatic rings. The normalized spacial score (nSPS) is 18.7. The molecule has 1 aromatic heterocycles. The smallest absolute Gasteiger partial charge is 0.251 e. The number of amides is 2. The highest BCUT2D eigenvalue weighted by atomic mass is 32.2. The highest BCUT2D eigenvalue weighted by molar-refractivity contribution is 7.99. The van der Waals surface area contributed by atoms with Crippen LogP contribution in [0.4, 0.5) is 0 Å². The van der Waals surface area contributed by atoms with Crippen LogP contribution < -0.4 is 15.5 Å². The molecule has 0 bridgehead atoms. The third-order valence-electron chi connectivity index (χ3n) is 6.49. The lowest BCUT2D eigenvalue weighted by Gasteiger charge is -2.36. The van der Waals surface area contributed by atoms with Gasteiger partial charge in [-0.15, -0.1) is 0 Å². The van der Waals surface area contributed by atoms with E-state index in [9.17, 15) is 19.9 Å². The van der Waals surface area contributed by atoms with Crippen LogP contribution in [0, 0.1) is 5.21 Å². The van der Waals surface area contributed by atoms with E-state index in [4.69, 9.17) is 14.7 Å². The van der Waals surface area contributed by atoms with E-state index in [0.29, 0.717) is 30.2 Å². The molecule has 0 radical (unpaired) electrons. The molecule has 1 aliphatic rings. The minimum atomic E-state index is -0.627. The summed E-state index contributed by atoms with van der Waals surface area (Å²) in [6.07, 6.45) is 1.64. The van der Waals surface area contributed by atoms with E-state index in [0.717, 1.165) is 27.0 Å². The number of aliphatic hydroxyl groups excluding tert-OH is 1. The summed E-state index contributed by atoms with van der Waals surface area (Å²) >= 11 is 1.44. The Bertz CT molecular complexity index is 1260. The van der Waals surface area contributed by atoms with E-state index in [-0.39, 0.29) is 37.6 Å². The second-order valence-corrected chi connectivity index (χ2v) is 10.5. The maximum absolute atomic E-state index is 12.1. The summed E-state index contributed by atoms with van der Waals surface area (Å²) in [5, 5.41) is 33.4. The molecule has 2 amide bonds. The van der Waals surface area contributed by atoms with Gasteiger partial charge in [-0.3, -0.25) is 14.8 Å². The fourth-order valence-corrected chi connectivity index (χ4v) is 5.21. The molecular formula is C29H33N3O7S. The molecule has 4 N–H and O–H groups in total. The molecule has 2 heterocycles. The molecule has 1 saturated heterocycles. The van der Waals surface area contributed by atoms with Gasteiger partial charge in [0.2, 0.25) is 11.8 Å². The number of carbonyl (C=O) groups is 2. The van der Waals surface area contributed by atoms with Crippen LogP contribution in [-0.2, 0) is 32.2 Å². The number of hydrogen-bond acceptors (Lipinski definition) is 8. The van der Waals surface area contributed by atoms with Gasteiger partial charge in [-0.05, 0) is 29.2 Å². The molecule has 0 spiro atoms. The summed E-state index contributed by atoms with van der Waals surface area (Å²) in [7, 11) is 0. The molecule has 0 saturated carbocycles. The zero-order chi connectivity index (χ0) is 28.3. The van der Waals surface area contributed by atoms with Crippen molar-refractivity contribution < 1.29 is 34.1 Å². The summed E-state index contributed by atoms with van der Waals surface area (Å²) in [5.74, 6) is -0.126. The average Bonchev–Trinajstić information content (AvgIpc) is 2.99. The van der Waals surface area contributed by atoms with E-state index in [1.165, 1.54) is 18.0 Å². The fourth-order valence-electron chi connectivity index (χ4n) is 4.27. The topological polar surface area (TPSA) is 144 Å². The number of pyridine rings is 1. The summed E-state index contributed by atoms with van der Waals surface area (Å²) in [4.78, 5) is 23.1. The van der Waals surface area contributed by atoms with Crippen LogP contribution in [0.25, 0.3) is 0 Å². The molecular weight excluding hydrogens is 534 g/mol. The summed E-state index contributed by atoms with van der Waals surface area (Å²) in [6, 6.07) is 20.6. The van der Waals surface area contributed by atoms with Crippen molar-refractivity contribution in [2.24, 2.45) is 0 Å². The number of nitrogens with one attached hydrogen (secondary N) is 2. The Labute approximate surface area is 236 Å². The molecule has 0 aliphatic carbocycles. The van der Waals surface area contributed by atoms with Gasteiger partial charge in [0.15, 0.2) is 12.5 Å². The van der Waals surface area contributed by atoms with Gasteiger partial charge in [-0.25, -0.2) is 5.48 Å². The third-order valence-corrected chi connectivity index (χ3v) is 7.64. The Morgan fingerprint density at radius 1 is 0.950 bits per heavy atom. The van der Waals surface area contributed by atoms with Crippen LogP contribution in [0.15, 0.2) is 78.0 Å². The van der Waals surface area contributed by atoms with Gasteiger partial charge in [0.1, 0.15) is 0 Å². The highest BCUT2D eigenvalue weighted by Crippen LogP contribution is 2.39. The van der Waals surface area contributed by atoms with Gasteiger partial charge < -0.3 is 25.1 Å². The van der Waals surface area contributed by atoms with Crippen molar-refractivity contribution in [2.45, 2.75) is 62.4 Å². The number of benzene rings is 2. The molecule has 40 heavy (non-hydrogen) atoms. The number of aliphatic hydroxyl groups is 1. The van der Waals surface area contributed by atoms with Gasteiger partial charge in [-0.1, -0.05) is 60.3 Å². The Balaban J connectivity index is 1.39. The largest absolute Gasteiger partial charge is 0.618 e. The lowest BCUT2D eigenvalue weighted by Crippen LogP contribution is -2.32. The maximum Gasteiger partial charge on any atom is 0.251 e. The molecule has 3 atom stereocenters. The van der Waals surface area contributed by atoms with Crippen molar-refractivity contribution in [3.8, 4) is 0 Å². The number of hydrogen-bond donors (Lipinski definition) is 4. The van der Waals surface area contributed by atoms with Crippen molar-refractivity contribution in [1.82, 2.24) is 10.8 Å². The molecule has 212 valence electrons. The number of rotatable bonds is 12. The van der Waals surface area contributed by atoms with Gasteiger partial charge in [-0.2, -0.15) is 4.73 Å². The Morgan fingerprint density at radius 2 is 1.65 bits per heavy atom. The van der Waals surface area contributed by atoms with E-state index >= 15 is 0 Å². The van der Waals surface area contributed by atoms with Crippen LogP contribution >= 0.6 is 11.8 Å². The Kier molecular flexibility index (Phi) is 10.9. The first-order valence-electron chi connectivity index (χ1n) is 13.0. The highest BCUT2D eigenvalue weighted by Gasteiger charge is 2.32. The second-order valence-electron chi connectivity index (χ2n) is 9.43. The molecule has 11 heteroatoms. The summed E-state index contributed by atoms with van der Waals surface area (Å²) in [5.41, 5.74) is 5.08. The lowest BCUT2D eigenvalue weighted by atomic mass is 10.0. The van der Waals surface area contributed by atoms with Crippen LogP contribution in [0.2, 0.25) is 0 Å². The van der Waals surface area contributed by atoms with E-state index < -0.39 is 12.2 Å². The van der Waals surface area contributed by atoms with Gasteiger partial charge >= 0.3 is 0 Å². The number of hydroxylamine groups is 1. The van der Waals surface area contributed by atoms with Crippen LogP contribution in [0.5, 0.6) is 0 Å². The lowest BCUT2D eigenvalue weighted by molar-refractivity contribution is -0.645. The van der Waals surface area contributed by atoms with Crippen LogP contribution in [0.3, 0.4) is 0 Å². The SMILES string of the molecule is O=C(CCCC(=O)NCc1ccc(C2OC(CSc3cccc[n+]3[O-])CC(c3ccc(CO)cc3)O2)cc1)NO. The predicted octanol–water partition coefficient (Wildman–Crippen LogP) is 3.44. The van der Waals surface area contributed by atoms with Crippen molar-refractivity contribution in [3.05, 3.63) is 100 Å². The second kappa shape index (κ2) is 14.8. The monoisotopic (exact) mass is 567 g/mol. The maximum atomic E-state index is 12.1. The molecule has 1 aliphatic heterocycles. The number of ether oxygens (including phenoxy) is 2. The van der Waals surface area contributed by atoms with Crippen molar-refractivity contribution >= 4 is 23.6 Å². The first kappa shape index (κ1) is 29.5. The van der Waals surface area contributed by atoms with Gasteiger partial charge in [0.25, 0.3) is 5.03 Å². The first-order chi connectivity index (χ1) is 19.4. The Hall–Kier alpha value is -3.48. The van der Waals surface area contributed by atoms with Crippen molar-refractivity contribution in [1.29, 1.82) is 0 Å². The third kappa shape index (κ3) is 8.51. The zero-order valence-corrected chi connectivity index (χ0v) is 22.7. The number of thioether (sulfide) groups is 1. The molecule has 1 fully saturated rings. The standard InChI is InChI=1S/C29H33N3O7S/c33-18-21-9-11-22(12-10-21)25-16-24(19-40-28-6-1-2-15-32(28)37)38-29(39-25)23-13-7-20(8-14-23)17-30-26(34)4-3-5-27(35)31-36/h1-2,6-15,24-25,29,33,36H,3-5,16-19H2,(H,30,34)(H,31,35). The molecule has 3 unspecified atom stereocenters. The van der Waals surface area contributed by atoms with Gasteiger partial charge in [0, 0.05) is 49.3 Å². The number of nitrogens with zero attached hydrogens (tertiary/aromatic N) is 1. The summed E-state index contributed by atoms with van der Waals surface area (Å²) < 4.78 is 13.5. The quantitative estimate of drug-likeness (QED) is 0.0857. The minimum absolute atomic E-state index is 0.0310. The molecule has 4 rings (SSSR count). The van der Waals surface area contributed by atoms with E-state index in [1.54, 1.807) is 17.6 Å². The van der Waals surface area contributed by atoms with Crippen LogP contribution in [0.1, 0.15) is 60.3 Å². The Morgan fingerprint density at radius 3 is 2.35 bits per heavy atom. The number of carbonyl (C=O) groups excluding carboxylic acids is 2. The van der Waals surface area contributed by atoms with Crippen molar-refractivity contribution in [3.63, 3.8) is 0 Å². The zero-order valence-electron chi connectivity index (χ0n) is 21.9. The first-order valence-corrected chi connectivity index (χ1v) is 14.0. The number of aromatic nitrogens is 1.